The van der Waals surface area contributed by atoms with Crippen molar-refractivity contribution >= 4 is 11.6 Å². The van der Waals surface area contributed by atoms with Crippen molar-refractivity contribution in [3.8, 4) is 11.5 Å². The molecule has 4 nitrogen and oxygen atoms in total. The van der Waals surface area contributed by atoms with Crippen molar-refractivity contribution in [2.45, 2.75) is 32.2 Å². The topological polar surface area (TPSA) is 38.8 Å². The number of carbonyl (C=O) groups excluding carboxylic acids is 1. The first kappa shape index (κ1) is 16.4. The number of hydrogen-bond acceptors (Lipinski definition) is 3. The second kappa shape index (κ2) is 7.39. The number of ether oxygens (including phenoxy) is 2. The summed E-state index contributed by atoms with van der Waals surface area (Å²) >= 11 is 0. The molecule has 1 heterocycles. The number of amides is 1. The second-order valence-electron chi connectivity index (χ2n) is 6.07. The molecule has 1 aliphatic rings. The van der Waals surface area contributed by atoms with Gasteiger partial charge in [-0.2, -0.15) is 0 Å². The predicted octanol–water partition coefficient (Wildman–Crippen LogP) is 3.83. The van der Waals surface area contributed by atoms with Gasteiger partial charge in [0.25, 0.3) is 0 Å². The fourth-order valence-corrected chi connectivity index (χ4v) is 3.15. The summed E-state index contributed by atoms with van der Waals surface area (Å²) in [5.74, 6) is 1.77. The van der Waals surface area contributed by atoms with Gasteiger partial charge in [-0.15, -0.1) is 0 Å². The van der Waals surface area contributed by atoms with Crippen LogP contribution in [0.15, 0.2) is 48.5 Å². The van der Waals surface area contributed by atoms with Crippen LogP contribution in [0.25, 0.3) is 0 Å². The number of para-hydroxylation sites is 1. The first-order chi connectivity index (χ1) is 11.7. The largest absolute Gasteiger partial charge is 0.497 e. The minimum absolute atomic E-state index is 0.172. The zero-order valence-corrected chi connectivity index (χ0v) is 14.2. The van der Waals surface area contributed by atoms with E-state index < -0.39 is 0 Å². The van der Waals surface area contributed by atoms with Crippen LogP contribution >= 0.6 is 0 Å². The van der Waals surface area contributed by atoms with Crippen molar-refractivity contribution in [1.29, 1.82) is 0 Å². The molecule has 2 aromatic carbocycles. The van der Waals surface area contributed by atoms with Crippen LogP contribution in [0.1, 0.15) is 25.3 Å². The molecule has 1 amide bonds. The van der Waals surface area contributed by atoms with E-state index in [9.17, 15) is 4.79 Å². The Kier molecular flexibility index (Phi) is 5.04. The summed E-state index contributed by atoms with van der Waals surface area (Å²) in [4.78, 5) is 14.5. The SMILES string of the molecule is COc1ccc(OCCCC(=O)N2c3ccccc3C[C@H]2C)cc1. The predicted molar refractivity (Wildman–Crippen MR) is 94.8 cm³/mol. The van der Waals surface area contributed by atoms with E-state index in [-0.39, 0.29) is 11.9 Å². The Hall–Kier alpha value is -2.49. The fraction of sp³-hybridized carbons (Fsp3) is 0.350. The summed E-state index contributed by atoms with van der Waals surface area (Å²) in [7, 11) is 1.64. The van der Waals surface area contributed by atoms with E-state index >= 15 is 0 Å². The number of benzene rings is 2. The molecule has 3 rings (SSSR count). The molecule has 0 N–H and O–H groups in total. The van der Waals surface area contributed by atoms with Gasteiger partial charge in [0.05, 0.1) is 13.7 Å². The minimum atomic E-state index is 0.172. The maximum Gasteiger partial charge on any atom is 0.227 e. The van der Waals surface area contributed by atoms with Crippen molar-refractivity contribution in [2.75, 3.05) is 18.6 Å². The molecule has 0 unspecified atom stereocenters. The summed E-state index contributed by atoms with van der Waals surface area (Å²) in [6.45, 7) is 2.63. The molecular formula is C20H23NO3. The van der Waals surface area contributed by atoms with E-state index in [1.165, 1.54) is 5.56 Å². The van der Waals surface area contributed by atoms with Crippen LogP contribution in [0.2, 0.25) is 0 Å². The number of methoxy groups -OCH3 is 1. The standard InChI is InChI=1S/C20H23NO3/c1-15-14-16-6-3-4-7-19(16)21(15)20(22)8-5-13-24-18-11-9-17(23-2)10-12-18/h3-4,6-7,9-12,15H,5,8,13-14H2,1-2H3/t15-/m1/s1. The lowest BCUT2D eigenvalue weighted by atomic mass is 10.1. The number of nitrogens with zero attached hydrogens (tertiary/aromatic N) is 1. The first-order valence-corrected chi connectivity index (χ1v) is 8.36. The highest BCUT2D eigenvalue weighted by atomic mass is 16.5. The van der Waals surface area contributed by atoms with Gasteiger partial charge in [-0.1, -0.05) is 18.2 Å². The van der Waals surface area contributed by atoms with Gasteiger partial charge in [0.15, 0.2) is 0 Å². The van der Waals surface area contributed by atoms with E-state index in [0.717, 1.165) is 23.6 Å². The Morgan fingerprint density at radius 3 is 2.58 bits per heavy atom. The van der Waals surface area contributed by atoms with Crippen molar-refractivity contribution in [3.63, 3.8) is 0 Å². The number of hydrogen-bond donors (Lipinski definition) is 0. The lowest BCUT2D eigenvalue weighted by Crippen LogP contribution is -2.35. The van der Waals surface area contributed by atoms with E-state index in [1.807, 2.05) is 47.4 Å². The Bertz CT molecular complexity index is 696. The molecule has 0 aromatic heterocycles. The molecule has 0 saturated carbocycles. The third-order valence-corrected chi connectivity index (χ3v) is 4.34. The third kappa shape index (κ3) is 3.53. The summed E-state index contributed by atoms with van der Waals surface area (Å²) in [6, 6.07) is 15.9. The fourth-order valence-electron chi connectivity index (χ4n) is 3.15. The van der Waals surface area contributed by atoms with Crippen LogP contribution < -0.4 is 14.4 Å². The molecule has 126 valence electrons. The van der Waals surface area contributed by atoms with Gasteiger partial charge >= 0.3 is 0 Å². The van der Waals surface area contributed by atoms with E-state index in [0.29, 0.717) is 19.4 Å². The highest BCUT2D eigenvalue weighted by Gasteiger charge is 2.29. The second-order valence-corrected chi connectivity index (χ2v) is 6.07. The van der Waals surface area contributed by atoms with Crippen LogP contribution in [-0.2, 0) is 11.2 Å². The number of anilines is 1. The average molecular weight is 325 g/mol. The zero-order valence-electron chi connectivity index (χ0n) is 14.2. The molecule has 0 fully saturated rings. The van der Waals surface area contributed by atoms with Gasteiger partial charge in [0.2, 0.25) is 5.91 Å². The summed E-state index contributed by atoms with van der Waals surface area (Å²) in [5.41, 5.74) is 2.32. The third-order valence-electron chi connectivity index (χ3n) is 4.34. The summed E-state index contributed by atoms with van der Waals surface area (Å²) < 4.78 is 10.8. The van der Waals surface area contributed by atoms with Gasteiger partial charge in [-0.05, 0) is 55.7 Å². The van der Waals surface area contributed by atoms with Gasteiger partial charge in [-0.3, -0.25) is 4.79 Å². The Balaban J connectivity index is 1.49. The maximum absolute atomic E-state index is 12.6. The molecular weight excluding hydrogens is 302 g/mol. The van der Waals surface area contributed by atoms with Crippen LogP contribution in [0.3, 0.4) is 0 Å². The maximum atomic E-state index is 12.6. The van der Waals surface area contributed by atoms with Gasteiger partial charge < -0.3 is 14.4 Å². The van der Waals surface area contributed by atoms with Crippen molar-refractivity contribution in [2.24, 2.45) is 0 Å². The number of rotatable bonds is 6. The van der Waals surface area contributed by atoms with Gasteiger partial charge in [0.1, 0.15) is 11.5 Å². The van der Waals surface area contributed by atoms with Crippen LogP contribution in [-0.4, -0.2) is 25.7 Å². The van der Waals surface area contributed by atoms with E-state index in [2.05, 4.69) is 13.0 Å². The molecule has 24 heavy (non-hydrogen) atoms. The zero-order chi connectivity index (χ0) is 16.9. The molecule has 2 aromatic rings. The van der Waals surface area contributed by atoms with E-state index in [4.69, 9.17) is 9.47 Å². The lowest BCUT2D eigenvalue weighted by molar-refractivity contribution is -0.119. The normalized spacial score (nSPS) is 15.9. The smallest absolute Gasteiger partial charge is 0.227 e. The highest BCUT2D eigenvalue weighted by molar-refractivity contribution is 5.96. The Morgan fingerprint density at radius 2 is 1.83 bits per heavy atom. The van der Waals surface area contributed by atoms with Gasteiger partial charge in [0, 0.05) is 18.2 Å². The number of carbonyl (C=O) groups is 1. The molecule has 0 spiro atoms. The molecule has 0 saturated heterocycles. The van der Waals surface area contributed by atoms with Crippen molar-refractivity contribution in [3.05, 3.63) is 54.1 Å². The summed E-state index contributed by atoms with van der Waals surface area (Å²) in [5, 5.41) is 0. The molecule has 0 aliphatic carbocycles. The van der Waals surface area contributed by atoms with Crippen LogP contribution in [0, 0.1) is 0 Å². The van der Waals surface area contributed by atoms with Crippen LogP contribution in [0.5, 0.6) is 11.5 Å². The van der Waals surface area contributed by atoms with Crippen molar-refractivity contribution < 1.29 is 14.3 Å². The minimum Gasteiger partial charge on any atom is -0.497 e. The van der Waals surface area contributed by atoms with Gasteiger partial charge in [-0.25, -0.2) is 0 Å². The molecule has 4 heteroatoms. The Morgan fingerprint density at radius 1 is 1.12 bits per heavy atom. The van der Waals surface area contributed by atoms with E-state index in [1.54, 1.807) is 7.11 Å². The average Bonchev–Trinajstić information content (AvgIpc) is 2.95. The Labute approximate surface area is 143 Å². The quantitative estimate of drug-likeness (QED) is 0.758. The van der Waals surface area contributed by atoms with Crippen LogP contribution in [0.4, 0.5) is 5.69 Å². The molecule has 0 bridgehead atoms. The highest BCUT2D eigenvalue weighted by Crippen LogP contribution is 2.32. The molecule has 0 radical (unpaired) electrons. The first-order valence-electron chi connectivity index (χ1n) is 8.36. The number of fused-ring (bicyclic) bond motifs is 1. The molecule has 1 atom stereocenters. The summed E-state index contributed by atoms with van der Waals surface area (Å²) in [6.07, 6.45) is 2.13. The monoisotopic (exact) mass is 325 g/mol. The van der Waals surface area contributed by atoms with Crippen molar-refractivity contribution in [1.82, 2.24) is 0 Å². The lowest BCUT2D eigenvalue weighted by Gasteiger charge is -2.22. The molecule has 1 aliphatic heterocycles.